The molecule has 0 aromatic rings. The van der Waals surface area contributed by atoms with Crippen molar-refractivity contribution in [1.29, 1.82) is 0 Å². The third-order valence-electron chi connectivity index (χ3n) is 3.66. The molecule has 10 nitrogen and oxygen atoms in total. The number of rotatable bonds is 6. The van der Waals surface area contributed by atoms with Gasteiger partial charge in [-0.15, -0.1) is 0 Å². The first-order chi connectivity index (χ1) is 12.1. The van der Waals surface area contributed by atoms with Gasteiger partial charge in [-0.3, -0.25) is 20.2 Å². The second-order valence-corrected chi connectivity index (χ2v) is 6.16. The smallest absolute Gasteiger partial charge is 0.339 e. The SMILES string of the molecule is CCC1=CC(NC(C)=O)([N+](=O)[O-])CC(NC(=O)NC(C)C)=C1C(=O)OC. The molecule has 0 fully saturated rings. The van der Waals surface area contributed by atoms with E-state index in [0.29, 0.717) is 5.57 Å². The van der Waals surface area contributed by atoms with E-state index >= 15 is 0 Å². The zero-order chi connectivity index (χ0) is 20.1. The summed E-state index contributed by atoms with van der Waals surface area (Å²) in [6.07, 6.45) is 1.09. The summed E-state index contributed by atoms with van der Waals surface area (Å²) < 4.78 is 4.76. The maximum Gasteiger partial charge on any atom is 0.339 e. The Bertz CT molecular complexity index is 682. The zero-order valence-corrected chi connectivity index (χ0v) is 15.5. The van der Waals surface area contributed by atoms with Crippen LogP contribution in [0.3, 0.4) is 0 Å². The van der Waals surface area contributed by atoms with Gasteiger partial charge in [0.15, 0.2) is 0 Å². The van der Waals surface area contributed by atoms with Crippen LogP contribution in [-0.2, 0) is 14.3 Å². The van der Waals surface area contributed by atoms with Crippen LogP contribution < -0.4 is 16.0 Å². The molecule has 0 saturated heterocycles. The van der Waals surface area contributed by atoms with Crippen LogP contribution in [0.2, 0.25) is 0 Å². The highest BCUT2D eigenvalue weighted by Crippen LogP contribution is 2.33. The molecule has 26 heavy (non-hydrogen) atoms. The van der Waals surface area contributed by atoms with Crippen molar-refractivity contribution in [2.24, 2.45) is 0 Å². The third kappa shape index (κ3) is 4.80. The van der Waals surface area contributed by atoms with Crippen molar-refractivity contribution in [2.45, 2.75) is 52.2 Å². The van der Waals surface area contributed by atoms with Crippen molar-refractivity contribution >= 4 is 17.9 Å². The lowest BCUT2D eigenvalue weighted by molar-refractivity contribution is -0.560. The molecule has 0 aromatic carbocycles. The molecule has 3 amide bonds. The van der Waals surface area contributed by atoms with E-state index in [9.17, 15) is 24.5 Å². The van der Waals surface area contributed by atoms with E-state index in [0.717, 1.165) is 6.92 Å². The van der Waals surface area contributed by atoms with Gasteiger partial charge in [0, 0.05) is 24.7 Å². The molecule has 0 aromatic heterocycles. The lowest BCUT2D eigenvalue weighted by Crippen LogP contribution is -2.55. The Labute approximate surface area is 151 Å². The van der Waals surface area contributed by atoms with Gasteiger partial charge in [-0.2, -0.15) is 0 Å². The summed E-state index contributed by atoms with van der Waals surface area (Å²) >= 11 is 0. The average Bonchev–Trinajstić information content (AvgIpc) is 2.51. The predicted molar refractivity (Wildman–Crippen MR) is 92.4 cm³/mol. The number of urea groups is 1. The summed E-state index contributed by atoms with van der Waals surface area (Å²) in [6.45, 7) is 6.34. The molecule has 1 aliphatic carbocycles. The summed E-state index contributed by atoms with van der Waals surface area (Å²) in [7, 11) is 1.18. The van der Waals surface area contributed by atoms with Crippen LogP contribution in [0.4, 0.5) is 4.79 Å². The van der Waals surface area contributed by atoms with Gasteiger partial charge >= 0.3 is 17.7 Å². The molecule has 1 aliphatic rings. The normalized spacial score (nSPS) is 19.5. The topological polar surface area (TPSA) is 140 Å². The van der Waals surface area contributed by atoms with Gasteiger partial charge in [-0.25, -0.2) is 9.59 Å². The van der Waals surface area contributed by atoms with E-state index in [-0.39, 0.29) is 23.7 Å². The molecule has 0 heterocycles. The van der Waals surface area contributed by atoms with E-state index < -0.39 is 34.9 Å². The van der Waals surface area contributed by atoms with Crippen LogP contribution in [0.25, 0.3) is 0 Å². The fourth-order valence-corrected chi connectivity index (χ4v) is 2.69. The Balaban J connectivity index is 3.47. The minimum absolute atomic E-state index is 0.0137. The largest absolute Gasteiger partial charge is 0.465 e. The second kappa shape index (κ2) is 8.45. The number of hydrogen-bond acceptors (Lipinski definition) is 6. The molecule has 0 bridgehead atoms. The number of carbonyl (C=O) groups excluding carboxylic acids is 3. The van der Waals surface area contributed by atoms with Gasteiger partial charge in [0.05, 0.1) is 24.0 Å². The van der Waals surface area contributed by atoms with E-state index in [1.807, 2.05) is 0 Å². The molecule has 144 valence electrons. The highest BCUT2D eigenvalue weighted by atomic mass is 16.6. The fraction of sp³-hybridized carbons (Fsp3) is 0.562. The monoisotopic (exact) mass is 368 g/mol. The molecule has 0 saturated carbocycles. The summed E-state index contributed by atoms with van der Waals surface area (Å²) in [5.41, 5.74) is -1.60. The number of ether oxygens (including phenoxy) is 1. The first kappa shape index (κ1) is 21.1. The standard InChI is InChI=1S/C16H24N4O6/c1-6-11-7-16(20(24)25,19-10(4)21)8-12(13(11)14(22)26-5)18-15(23)17-9(2)3/h7,9H,6,8H2,1-5H3,(H,19,21)(H2,17,18,23). The second-order valence-electron chi connectivity index (χ2n) is 6.16. The Morgan fingerprint density at radius 1 is 1.38 bits per heavy atom. The molecule has 1 rings (SSSR count). The van der Waals surface area contributed by atoms with Gasteiger partial charge in [0.1, 0.15) is 0 Å². The highest BCUT2D eigenvalue weighted by Gasteiger charge is 2.47. The lowest BCUT2D eigenvalue weighted by Gasteiger charge is -2.30. The van der Waals surface area contributed by atoms with Crippen LogP contribution >= 0.6 is 0 Å². The van der Waals surface area contributed by atoms with Gasteiger partial charge in [-0.05, 0) is 25.8 Å². The van der Waals surface area contributed by atoms with Crippen molar-refractivity contribution in [3.05, 3.63) is 33.0 Å². The number of carbonyl (C=O) groups is 3. The molecule has 0 spiro atoms. The van der Waals surface area contributed by atoms with E-state index in [4.69, 9.17) is 4.74 Å². The zero-order valence-electron chi connectivity index (χ0n) is 15.5. The van der Waals surface area contributed by atoms with Crippen molar-refractivity contribution in [3.8, 4) is 0 Å². The molecule has 0 radical (unpaired) electrons. The summed E-state index contributed by atoms with van der Waals surface area (Å²) in [6, 6.07) is -0.800. The Morgan fingerprint density at radius 3 is 2.42 bits per heavy atom. The maximum absolute atomic E-state index is 12.2. The lowest BCUT2D eigenvalue weighted by atomic mass is 9.86. The summed E-state index contributed by atoms with van der Waals surface area (Å²) in [4.78, 5) is 46.9. The van der Waals surface area contributed by atoms with Crippen molar-refractivity contribution < 1.29 is 24.0 Å². The number of hydrogen-bond donors (Lipinski definition) is 3. The highest BCUT2D eigenvalue weighted by molar-refractivity contribution is 5.96. The summed E-state index contributed by atoms with van der Waals surface area (Å²) in [5, 5.41) is 19.1. The Hall–Kier alpha value is -2.91. The van der Waals surface area contributed by atoms with Crippen molar-refractivity contribution in [1.82, 2.24) is 16.0 Å². The Kier molecular flexibility index (Phi) is 6.87. The maximum atomic E-state index is 12.2. The average molecular weight is 368 g/mol. The van der Waals surface area contributed by atoms with Crippen LogP contribution in [-0.4, -0.2) is 41.6 Å². The van der Waals surface area contributed by atoms with Crippen LogP contribution in [0.15, 0.2) is 22.9 Å². The number of nitrogens with zero attached hydrogens (tertiary/aromatic N) is 1. The van der Waals surface area contributed by atoms with Crippen molar-refractivity contribution in [3.63, 3.8) is 0 Å². The number of methoxy groups -OCH3 is 1. The van der Waals surface area contributed by atoms with Crippen LogP contribution in [0.5, 0.6) is 0 Å². The van der Waals surface area contributed by atoms with E-state index in [1.165, 1.54) is 13.2 Å². The number of nitro groups is 1. The fourth-order valence-electron chi connectivity index (χ4n) is 2.69. The van der Waals surface area contributed by atoms with Crippen LogP contribution in [0.1, 0.15) is 40.5 Å². The number of esters is 1. The van der Waals surface area contributed by atoms with Crippen molar-refractivity contribution in [2.75, 3.05) is 7.11 Å². The quantitative estimate of drug-likeness (QED) is 0.276. The minimum Gasteiger partial charge on any atom is -0.465 e. The first-order valence-corrected chi connectivity index (χ1v) is 8.10. The van der Waals surface area contributed by atoms with E-state index in [2.05, 4.69) is 16.0 Å². The molecule has 10 heteroatoms. The molecular formula is C16H24N4O6. The minimum atomic E-state index is -1.96. The molecule has 1 atom stereocenters. The van der Waals surface area contributed by atoms with Gasteiger partial charge in [-0.1, -0.05) is 6.92 Å². The predicted octanol–water partition coefficient (Wildman–Crippen LogP) is 0.970. The third-order valence-corrected chi connectivity index (χ3v) is 3.66. The first-order valence-electron chi connectivity index (χ1n) is 8.10. The Morgan fingerprint density at radius 2 is 2.00 bits per heavy atom. The van der Waals surface area contributed by atoms with Crippen LogP contribution in [0, 0.1) is 10.1 Å². The van der Waals surface area contributed by atoms with Gasteiger partial charge < -0.3 is 15.4 Å². The van der Waals surface area contributed by atoms with Gasteiger partial charge in [0.25, 0.3) is 0 Å². The number of nitrogens with one attached hydrogen (secondary N) is 3. The van der Waals surface area contributed by atoms with E-state index in [1.54, 1.807) is 20.8 Å². The molecule has 0 aliphatic heterocycles. The molecular weight excluding hydrogens is 344 g/mol. The summed E-state index contributed by atoms with van der Waals surface area (Å²) in [5.74, 6) is -1.33. The molecule has 1 unspecified atom stereocenters. The molecule has 3 N–H and O–H groups in total. The van der Waals surface area contributed by atoms with Gasteiger partial charge in [0.2, 0.25) is 5.91 Å². The number of amides is 3.